The van der Waals surface area contributed by atoms with E-state index < -0.39 is 0 Å². The second-order valence-electron chi connectivity index (χ2n) is 4.76. The highest BCUT2D eigenvalue weighted by atomic mass is 35.5. The fourth-order valence-corrected chi connectivity index (χ4v) is 2.14. The number of anilines is 1. The zero-order valence-electron chi connectivity index (χ0n) is 11.2. The van der Waals surface area contributed by atoms with Gasteiger partial charge in [0.25, 0.3) is 0 Å². The first-order valence-corrected chi connectivity index (χ1v) is 6.73. The highest BCUT2D eigenvalue weighted by Crippen LogP contribution is 2.22. The van der Waals surface area contributed by atoms with Gasteiger partial charge in [0.1, 0.15) is 0 Å². The second kappa shape index (κ2) is 6.08. The van der Waals surface area contributed by atoms with Crippen molar-refractivity contribution in [1.29, 1.82) is 0 Å². The molecule has 4 nitrogen and oxygen atoms in total. The first-order chi connectivity index (χ1) is 9.11. The minimum atomic E-state index is 0.0334. The van der Waals surface area contributed by atoms with Crippen LogP contribution in [-0.4, -0.2) is 16.1 Å². The van der Waals surface area contributed by atoms with E-state index in [2.05, 4.69) is 28.7 Å². The van der Waals surface area contributed by atoms with Gasteiger partial charge in [-0.3, -0.25) is 0 Å². The zero-order chi connectivity index (χ0) is 13.8. The fourth-order valence-electron chi connectivity index (χ4n) is 2.02. The Morgan fingerprint density at radius 3 is 2.58 bits per heavy atom. The standard InChI is InChI=1S/C14H19ClN4/c1-10(2)19-9-17-8-14(19)13(7-16)18-12-5-3-11(15)4-6-12/h3-6,8-10,13,18H,7,16H2,1-2H3. The third kappa shape index (κ3) is 3.28. The summed E-state index contributed by atoms with van der Waals surface area (Å²) in [6.45, 7) is 4.75. The molecule has 0 fully saturated rings. The molecule has 0 aliphatic carbocycles. The third-order valence-corrected chi connectivity index (χ3v) is 3.28. The Kier molecular flexibility index (Phi) is 4.45. The van der Waals surface area contributed by atoms with E-state index in [1.807, 2.05) is 36.8 Å². The molecule has 0 spiro atoms. The van der Waals surface area contributed by atoms with E-state index in [1.54, 1.807) is 0 Å². The lowest BCUT2D eigenvalue weighted by Crippen LogP contribution is -2.23. The molecule has 0 aliphatic heterocycles. The summed E-state index contributed by atoms with van der Waals surface area (Å²) < 4.78 is 2.13. The van der Waals surface area contributed by atoms with E-state index in [4.69, 9.17) is 17.3 Å². The molecule has 0 saturated carbocycles. The summed E-state index contributed by atoms with van der Waals surface area (Å²) in [6, 6.07) is 8.00. The largest absolute Gasteiger partial charge is 0.375 e. The number of aromatic nitrogens is 2. The van der Waals surface area contributed by atoms with Crippen LogP contribution in [0.5, 0.6) is 0 Å². The van der Waals surface area contributed by atoms with Crippen molar-refractivity contribution in [2.24, 2.45) is 5.73 Å². The topological polar surface area (TPSA) is 55.9 Å². The predicted octanol–water partition coefficient (Wildman–Crippen LogP) is 3.23. The van der Waals surface area contributed by atoms with E-state index in [0.717, 1.165) is 16.4 Å². The maximum atomic E-state index is 5.88. The van der Waals surface area contributed by atoms with Gasteiger partial charge in [-0.25, -0.2) is 4.98 Å². The lowest BCUT2D eigenvalue weighted by atomic mass is 10.2. The van der Waals surface area contributed by atoms with E-state index in [-0.39, 0.29) is 6.04 Å². The van der Waals surface area contributed by atoms with Gasteiger partial charge in [0, 0.05) is 23.3 Å². The number of nitrogens with one attached hydrogen (secondary N) is 1. The van der Waals surface area contributed by atoms with Gasteiger partial charge in [0.05, 0.1) is 24.3 Å². The summed E-state index contributed by atoms with van der Waals surface area (Å²) >= 11 is 5.88. The van der Waals surface area contributed by atoms with Gasteiger partial charge in [-0.15, -0.1) is 0 Å². The molecule has 0 aliphatic rings. The summed E-state index contributed by atoms with van der Waals surface area (Å²) in [4.78, 5) is 4.21. The van der Waals surface area contributed by atoms with Crippen LogP contribution >= 0.6 is 11.6 Å². The van der Waals surface area contributed by atoms with Crippen LogP contribution in [-0.2, 0) is 0 Å². The Labute approximate surface area is 118 Å². The maximum Gasteiger partial charge on any atom is 0.0951 e. The van der Waals surface area contributed by atoms with Gasteiger partial charge in [-0.2, -0.15) is 0 Å². The molecule has 102 valence electrons. The minimum Gasteiger partial charge on any atom is -0.375 e. The smallest absolute Gasteiger partial charge is 0.0951 e. The van der Waals surface area contributed by atoms with Crippen molar-refractivity contribution in [3.8, 4) is 0 Å². The quantitative estimate of drug-likeness (QED) is 0.883. The molecule has 0 saturated heterocycles. The molecule has 2 rings (SSSR count). The van der Waals surface area contributed by atoms with Crippen molar-refractivity contribution in [2.75, 3.05) is 11.9 Å². The fraction of sp³-hybridized carbons (Fsp3) is 0.357. The zero-order valence-corrected chi connectivity index (χ0v) is 11.9. The van der Waals surface area contributed by atoms with Gasteiger partial charge in [0.15, 0.2) is 0 Å². The first kappa shape index (κ1) is 13.9. The van der Waals surface area contributed by atoms with Crippen molar-refractivity contribution in [3.05, 3.63) is 47.5 Å². The molecule has 3 N–H and O–H groups in total. The van der Waals surface area contributed by atoms with Crippen molar-refractivity contribution in [1.82, 2.24) is 9.55 Å². The van der Waals surface area contributed by atoms with E-state index in [9.17, 15) is 0 Å². The number of rotatable bonds is 5. The van der Waals surface area contributed by atoms with Gasteiger partial charge in [-0.1, -0.05) is 11.6 Å². The number of hydrogen-bond acceptors (Lipinski definition) is 3. The van der Waals surface area contributed by atoms with Gasteiger partial charge >= 0.3 is 0 Å². The second-order valence-corrected chi connectivity index (χ2v) is 5.20. The lowest BCUT2D eigenvalue weighted by molar-refractivity contribution is 0.553. The average molecular weight is 279 g/mol. The van der Waals surface area contributed by atoms with Crippen molar-refractivity contribution in [3.63, 3.8) is 0 Å². The van der Waals surface area contributed by atoms with Crippen LogP contribution in [0.25, 0.3) is 0 Å². The summed E-state index contributed by atoms with van der Waals surface area (Å²) in [5.74, 6) is 0. The van der Waals surface area contributed by atoms with Gasteiger partial charge in [0.2, 0.25) is 0 Å². The van der Waals surface area contributed by atoms with E-state index in [1.165, 1.54) is 0 Å². The molecule has 1 unspecified atom stereocenters. The summed E-state index contributed by atoms with van der Waals surface area (Å²) in [5, 5.41) is 4.13. The normalized spacial score (nSPS) is 12.7. The molecule has 1 aromatic carbocycles. The Hall–Kier alpha value is -1.52. The summed E-state index contributed by atoms with van der Waals surface area (Å²) in [5.41, 5.74) is 7.97. The molecule has 0 radical (unpaired) electrons. The minimum absolute atomic E-state index is 0.0334. The van der Waals surface area contributed by atoms with Crippen LogP contribution < -0.4 is 11.1 Å². The van der Waals surface area contributed by atoms with Crippen LogP contribution in [0.4, 0.5) is 5.69 Å². The Morgan fingerprint density at radius 2 is 2.00 bits per heavy atom. The molecule has 2 aromatic rings. The Bertz CT molecular complexity index is 518. The third-order valence-electron chi connectivity index (χ3n) is 3.03. The van der Waals surface area contributed by atoms with Crippen LogP contribution in [0, 0.1) is 0 Å². The summed E-state index contributed by atoms with van der Waals surface area (Å²) in [7, 11) is 0. The molecule has 1 aromatic heterocycles. The Morgan fingerprint density at radius 1 is 1.32 bits per heavy atom. The summed E-state index contributed by atoms with van der Waals surface area (Å²) in [6.07, 6.45) is 3.70. The highest BCUT2D eigenvalue weighted by Gasteiger charge is 2.15. The number of benzene rings is 1. The van der Waals surface area contributed by atoms with E-state index >= 15 is 0 Å². The molecule has 5 heteroatoms. The predicted molar refractivity (Wildman–Crippen MR) is 79.5 cm³/mol. The number of imidazole rings is 1. The molecule has 1 atom stereocenters. The molecular weight excluding hydrogens is 260 g/mol. The van der Waals surface area contributed by atoms with Gasteiger partial charge < -0.3 is 15.6 Å². The number of hydrogen-bond donors (Lipinski definition) is 2. The van der Waals surface area contributed by atoms with Crippen molar-refractivity contribution in [2.45, 2.75) is 25.9 Å². The molecular formula is C14H19ClN4. The SMILES string of the molecule is CC(C)n1cncc1C(CN)Nc1ccc(Cl)cc1. The van der Waals surface area contributed by atoms with Crippen LogP contribution in [0.15, 0.2) is 36.8 Å². The van der Waals surface area contributed by atoms with E-state index in [0.29, 0.717) is 12.6 Å². The number of halogens is 1. The molecule has 0 amide bonds. The first-order valence-electron chi connectivity index (χ1n) is 6.35. The van der Waals surface area contributed by atoms with Crippen molar-refractivity contribution >= 4 is 17.3 Å². The van der Waals surface area contributed by atoms with Gasteiger partial charge in [-0.05, 0) is 38.1 Å². The number of nitrogens with zero attached hydrogens (tertiary/aromatic N) is 2. The highest BCUT2D eigenvalue weighted by molar-refractivity contribution is 6.30. The van der Waals surface area contributed by atoms with Crippen LogP contribution in [0.3, 0.4) is 0 Å². The lowest BCUT2D eigenvalue weighted by Gasteiger charge is -2.21. The van der Waals surface area contributed by atoms with Crippen LogP contribution in [0.1, 0.15) is 31.6 Å². The molecule has 0 bridgehead atoms. The van der Waals surface area contributed by atoms with Crippen LogP contribution in [0.2, 0.25) is 5.02 Å². The maximum absolute atomic E-state index is 5.88. The Balaban J connectivity index is 2.20. The molecule has 19 heavy (non-hydrogen) atoms. The molecule has 1 heterocycles. The van der Waals surface area contributed by atoms with Crippen molar-refractivity contribution < 1.29 is 0 Å². The average Bonchev–Trinajstić information content (AvgIpc) is 2.87. The number of nitrogens with two attached hydrogens (primary N) is 1. The monoisotopic (exact) mass is 278 g/mol.